The van der Waals surface area contributed by atoms with Crippen LogP contribution < -0.4 is 10.6 Å². The third kappa shape index (κ3) is 3.54. The fraction of sp³-hybridized carbons (Fsp3) is 0.222. The van der Waals surface area contributed by atoms with Crippen LogP contribution in [0.15, 0.2) is 54.6 Å². The molecule has 2 amide bonds. The monoisotopic (exact) mass is 328 g/mol. The number of hydrogen-bond donors (Lipinski definition) is 2. The molecule has 118 valence electrons. The maximum atomic E-state index is 12.4. The lowest BCUT2D eigenvalue weighted by Crippen LogP contribution is -2.39. The summed E-state index contributed by atoms with van der Waals surface area (Å²) >= 11 is 5.91. The minimum atomic E-state index is -0.947. The van der Waals surface area contributed by atoms with Gasteiger partial charge >= 0.3 is 0 Å². The first-order chi connectivity index (χ1) is 11.1. The van der Waals surface area contributed by atoms with Crippen molar-refractivity contribution < 1.29 is 9.59 Å². The van der Waals surface area contributed by atoms with Gasteiger partial charge in [-0.1, -0.05) is 48.0 Å². The number of amides is 2. The first-order valence-electron chi connectivity index (χ1n) is 7.49. The molecular formula is C18H17ClN2O2. The number of anilines is 1. The normalized spacial score (nSPS) is 14.8. The van der Waals surface area contributed by atoms with E-state index in [-0.39, 0.29) is 11.8 Å². The van der Waals surface area contributed by atoms with E-state index in [1.807, 2.05) is 30.3 Å². The van der Waals surface area contributed by atoms with Crippen LogP contribution in [0, 0.1) is 5.41 Å². The van der Waals surface area contributed by atoms with Gasteiger partial charge in [0, 0.05) is 17.3 Å². The molecule has 0 bridgehead atoms. The summed E-state index contributed by atoms with van der Waals surface area (Å²) in [6, 6.07) is 16.5. The summed E-state index contributed by atoms with van der Waals surface area (Å²) in [4.78, 5) is 24.8. The Kier molecular flexibility index (Phi) is 4.35. The first-order valence-corrected chi connectivity index (χ1v) is 7.87. The van der Waals surface area contributed by atoms with E-state index in [2.05, 4.69) is 10.6 Å². The number of halogens is 1. The van der Waals surface area contributed by atoms with Crippen molar-refractivity contribution >= 4 is 29.1 Å². The van der Waals surface area contributed by atoms with Gasteiger partial charge in [0.1, 0.15) is 5.41 Å². The number of carbonyl (C=O) groups is 2. The van der Waals surface area contributed by atoms with E-state index in [0.717, 1.165) is 5.56 Å². The van der Waals surface area contributed by atoms with Crippen LogP contribution in [0.4, 0.5) is 5.69 Å². The molecule has 0 unspecified atom stereocenters. The van der Waals surface area contributed by atoms with Gasteiger partial charge < -0.3 is 10.6 Å². The Balaban J connectivity index is 1.62. The summed E-state index contributed by atoms with van der Waals surface area (Å²) in [6.45, 7) is 0.422. The van der Waals surface area contributed by atoms with Crippen molar-refractivity contribution in [2.24, 2.45) is 5.41 Å². The number of hydrogen-bond acceptors (Lipinski definition) is 2. The summed E-state index contributed by atoms with van der Waals surface area (Å²) in [6.07, 6.45) is 1.14. The van der Waals surface area contributed by atoms with Gasteiger partial charge in [0.05, 0.1) is 0 Å². The van der Waals surface area contributed by atoms with Crippen LogP contribution in [0.1, 0.15) is 18.4 Å². The minimum Gasteiger partial charge on any atom is -0.351 e. The van der Waals surface area contributed by atoms with Crippen LogP contribution >= 0.6 is 11.6 Å². The van der Waals surface area contributed by atoms with Gasteiger partial charge in [0.15, 0.2) is 0 Å². The molecule has 1 aliphatic carbocycles. The Bertz CT molecular complexity index is 727. The molecule has 1 fully saturated rings. The predicted octanol–water partition coefficient (Wildman–Crippen LogP) is 3.38. The second-order valence-electron chi connectivity index (χ2n) is 5.71. The molecule has 0 spiro atoms. The van der Waals surface area contributed by atoms with Crippen molar-refractivity contribution in [1.82, 2.24) is 5.32 Å². The summed E-state index contributed by atoms with van der Waals surface area (Å²) in [5.41, 5.74) is 0.661. The molecule has 23 heavy (non-hydrogen) atoms. The van der Waals surface area contributed by atoms with Crippen molar-refractivity contribution in [2.45, 2.75) is 19.4 Å². The highest BCUT2D eigenvalue weighted by atomic mass is 35.5. The van der Waals surface area contributed by atoms with E-state index in [0.29, 0.717) is 30.1 Å². The highest BCUT2D eigenvalue weighted by molar-refractivity contribution is 6.31. The van der Waals surface area contributed by atoms with Crippen LogP contribution in [-0.2, 0) is 16.1 Å². The third-order valence-corrected chi connectivity index (χ3v) is 4.23. The van der Waals surface area contributed by atoms with Crippen molar-refractivity contribution in [3.05, 3.63) is 65.2 Å². The summed E-state index contributed by atoms with van der Waals surface area (Å²) in [5.74, 6) is -0.494. The zero-order chi connectivity index (χ0) is 16.3. The molecule has 0 saturated heterocycles. The van der Waals surface area contributed by atoms with Crippen LogP contribution in [0.3, 0.4) is 0 Å². The zero-order valence-electron chi connectivity index (χ0n) is 12.5. The first kappa shape index (κ1) is 15.6. The molecule has 2 N–H and O–H groups in total. The van der Waals surface area contributed by atoms with Crippen LogP contribution in [0.2, 0.25) is 5.02 Å². The highest BCUT2D eigenvalue weighted by Crippen LogP contribution is 2.47. The zero-order valence-corrected chi connectivity index (χ0v) is 13.3. The lowest BCUT2D eigenvalue weighted by atomic mass is 10.0. The number of benzene rings is 2. The van der Waals surface area contributed by atoms with E-state index in [9.17, 15) is 9.59 Å². The van der Waals surface area contributed by atoms with Crippen molar-refractivity contribution in [3.63, 3.8) is 0 Å². The summed E-state index contributed by atoms with van der Waals surface area (Å²) in [5, 5.41) is 6.18. The molecule has 0 radical (unpaired) electrons. The van der Waals surface area contributed by atoms with Gasteiger partial charge in [-0.2, -0.15) is 0 Å². The smallest absolute Gasteiger partial charge is 0.240 e. The third-order valence-electron chi connectivity index (χ3n) is 4.00. The van der Waals surface area contributed by atoms with Crippen molar-refractivity contribution in [3.8, 4) is 0 Å². The summed E-state index contributed by atoms with van der Waals surface area (Å²) in [7, 11) is 0. The Morgan fingerprint density at radius 3 is 2.39 bits per heavy atom. The standard InChI is InChI=1S/C18H17ClN2O2/c19-14-7-4-8-15(11-14)21-17(23)18(9-10-18)16(22)20-12-13-5-2-1-3-6-13/h1-8,11H,9-10,12H2,(H,20,22)(H,21,23). The lowest BCUT2D eigenvalue weighted by molar-refractivity contribution is -0.134. The predicted molar refractivity (Wildman–Crippen MR) is 90.0 cm³/mol. The van der Waals surface area contributed by atoms with Crippen molar-refractivity contribution in [1.29, 1.82) is 0 Å². The highest BCUT2D eigenvalue weighted by Gasteiger charge is 2.56. The average Bonchev–Trinajstić information content (AvgIpc) is 3.35. The quantitative estimate of drug-likeness (QED) is 0.827. The molecule has 0 aromatic heterocycles. The molecule has 0 aliphatic heterocycles. The van der Waals surface area contributed by atoms with Crippen molar-refractivity contribution in [2.75, 3.05) is 5.32 Å². The Morgan fingerprint density at radius 2 is 1.74 bits per heavy atom. The topological polar surface area (TPSA) is 58.2 Å². The molecular weight excluding hydrogens is 312 g/mol. The van der Waals surface area contributed by atoms with Crippen LogP contribution in [0.5, 0.6) is 0 Å². The Hall–Kier alpha value is -2.33. The van der Waals surface area contributed by atoms with Crippen LogP contribution in [-0.4, -0.2) is 11.8 Å². The van der Waals surface area contributed by atoms with Crippen LogP contribution in [0.25, 0.3) is 0 Å². The largest absolute Gasteiger partial charge is 0.351 e. The average molecular weight is 329 g/mol. The fourth-order valence-corrected chi connectivity index (χ4v) is 2.64. The molecule has 0 heterocycles. The second-order valence-corrected chi connectivity index (χ2v) is 6.15. The second kappa shape index (κ2) is 6.42. The van der Waals surface area contributed by atoms with Gasteiger partial charge in [-0.25, -0.2) is 0 Å². The molecule has 0 atom stereocenters. The van der Waals surface area contributed by atoms with E-state index >= 15 is 0 Å². The Labute approximate surface area is 139 Å². The van der Waals surface area contributed by atoms with E-state index in [4.69, 9.17) is 11.6 Å². The van der Waals surface area contributed by atoms with Gasteiger partial charge in [0.25, 0.3) is 0 Å². The number of carbonyl (C=O) groups excluding carboxylic acids is 2. The van der Waals surface area contributed by atoms with E-state index in [1.165, 1.54) is 0 Å². The lowest BCUT2D eigenvalue weighted by Gasteiger charge is -2.15. The summed E-state index contributed by atoms with van der Waals surface area (Å²) < 4.78 is 0. The molecule has 4 nitrogen and oxygen atoms in total. The van der Waals surface area contributed by atoms with E-state index in [1.54, 1.807) is 24.3 Å². The van der Waals surface area contributed by atoms with Gasteiger partial charge in [0.2, 0.25) is 11.8 Å². The SMILES string of the molecule is O=C(NCc1ccccc1)C1(C(=O)Nc2cccc(Cl)c2)CC1. The van der Waals surface area contributed by atoms with Gasteiger partial charge in [-0.05, 0) is 36.6 Å². The maximum Gasteiger partial charge on any atom is 0.240 e. The molecule has 5 heteroatoms. The maximum absolute atomic E-state index is 12.4. The number of nitrogens with one attached hydrogen (secondary N) is 2. The molecule has 1 aliphatic rings. The minimum absolute atomic E-state index is 0.221. The molecule has 1 saturated carbocycles. The fourth-order valence-electron chi connectivity index (χ4n) is 2.45. The molecule has 2 aromatic rings. The van der Waals surface area contributed by atoms with E-state index < -0.39 is 5.41 Å². The van der Waals surface area contributed by atoms with Gasteiger partial charge in [-0.15, -0.1) is 0 Å². The molecule has 2 aromatic carbocycles. The Morgan fingerprint density at radius 1 is 1.00 bits per heavy atom. The molecule has 3 rings (SSSR count). The van der Waals surface area contributed by atoms with Gasteiger partial charge in [-0.3, -0.25) is 9.59 Å². The number of rotatable bonds is 5.